The monoisotopic (exact) mass is 251 g/mol. The molecule has 7 heteroatoms. The summed E-state index contributed by atoms with van der Waals surface area (Å²) in [5.74, 6) is -1.91. The van der Waals surface area contributed by atoms with Gasteiger partial charge in [-0.05, 0) is 18.6 Å². The van der Waals surface area contributed by atoms with Crippen LogP contribution in [0.2, 0.25) is 0 Å². The lowest BCUT2D eigenvalue weighted by Crippen LogP contribution is -2.25. The normalized spacial score (nSPS) is 11.7. The summed E-state index contributed by atoms with van der Waals surface area (Å²) < 4.78 is 50.6. The minimum Gasteiger partial charge on any atom is -0.396 e. The van der Waals surface area contributed by atoms with Crippen molar-refractivity contribution in [3.05, 3.63) is 29.8 Å². The molecule has 0 amide bonds. The van der Waals surface area contributed by atoms with E-state index in [1.54, 1.807) is 0 Å². The van der Waals surface area contributed by atoms with Gasteiger partial charge >= 0.3 is 0 Å². The first-order valence-corrected chi connectivity index (χ1v) is 6.00. The Balaban J connectivity index is 2.89. The van der Waals surface area contributed by atoms with E-state index in [4.69, 9.17) is 5.11 Å². The minimum atomic E-state index is -3.92. The molecular weight excluding hydrogens is 240 g/mol. The first kappa shape index (κ1) is 13.0. The third kappa shape index (κ3) is 3.51. The molecular formula is C9H11F2NO3S. The van der Waals surface area contributed by atoms with Gasteiger partial charge < -0.3 is 5.11 Å². The van der Waals surface area contributed by atoms with Gasteiger partial charge in [0, 0.05) is 19.2 Å². The lowest BCUT2D eigenvalue weighted by atomic mass is 10.3. The molecule has 0 bridgehead atoms. The van der Waals surface area contributed by atoms with Gasteiger partial charge in [0.25, 0.3) is 0 Å². The van der Waals surface area contributed by atoms with E-state index in [1.165, 1.54) is 0 Å². The maximum Gasteiger partial charge on any atom is 0.240 e. The van der Waals surface area contributed by atoms with Crippen molar-refractivity contribution in [2.75, 3.05) is 13.2 Å². The number of benzene rings is 1. The van der Waals surface area contributed by atoms with E-state index in [0.29, 0.717) is 6.07 Å². The Hall–Kier alpha value is -1.05. The molecule has 1 rings (SSSR count). The quantitative estimate of drug-likeness (QED) is 0.754. The summed E-state index contributed by atoms with van der Waals surface area (Å²) in [4.78, 5) is -0.470. The number of hydrogen-bond acceptors (Lipinski definition) is 3. The number of halogens is 2. The van der Waals surface area contributed by atoms with Gasteiger partial charge in [0.05, 0.1) is 4.90 Å². The van der Waals surface area contributed by atoms with Gasteiger partial charge in [0.1, 0.15) is 11.6 Å². The summed E-state index contributed by atoms with van der Waals surface area (Å²) in [5, 5.41) is 8.47. The fourth-order valence-corrected chi connectivity index (χ4v) is 2.17. The minimum absolute atomic E-state index is 0.0109. The fraction of sp³-hybridized carbons (Fsp3) is 0.333. The third-order valence-corrected chi connectivity index (χ3v) is 3.21. The molecule has 90 valence electrons. The predicted molar refractivity (Wildman–Crippen MR) is 53.2 cm³/mol. The highest BCUT2D eigenvalue weighted by Gasteiger charge is 2.15. The molecule has 2 N–H and O–H groups in total. The topological polar surface area (TPSA) is 66.4 Å². The summed E-state index contributed by atoms with van der Waals surface area (Å²) in [5.41, 5.74) is 0. The molecule has 0 radical (unpaired) electrons. The van der Waals surface area contributed by atoms with E-state index in [9.17, 15) is 17.2 Å². The van der Waals surface area contributed by atoms with Crippen LogP contribution in [-0.4, -0.2) is 26.7 Å². The Morgan fingerprint density at radius 1 is 1.19 bits per heavy atom. The molecule has 0 aliphatic rings. The predicted octanol–water partition coefficient (Wildman–Crippen LogP) is 0.625. The van der Waals surface area contributed by atoms with Crippen LogP contribution in [0.5, 0.6) is 0 Å². The average molecular weight is 251 g/mol. The van der Waals surface area contributed by atoms with E-state index >= 15 is 0 Å². The molecule has 0 atom stereocenters. The van der Waals surface area contributed by atoms with E-state index in [-0.39, 0.29) is 19.6 Å². The van der Waals surface area contributed by atoms with Crippen LogP contribution in [0.1, 0.15) is 6.42 Å². The van der Waals surface area contributed by atoms with Crippen LogP contribution in [0.15, 0.2) is 23.1 Å². The lowest BCUT2D eigenvalue weighted by Gasteiger charge is -2.06. The smallest absolute Gasteiger partial charge is 0.240 e. The molecule has 16 heavy (non-hydrogen) atoms. The second kappa shape index (κ2) is 5.33. The molecule has 0 saturated heterocycles. The summed E-state index contributed by atoms with van der Waals surface area (Å²) >= 11 is 0. The van der Waals surface area contributed by atoms with Crippen LogP contribution < -0.4 is 4.72 Å². The van der Waals surface area contributed by atoms with Gasteiger partial charge in [-0.1, -0.05) is 0 Å². The lowest BCUT2D eigenvalue weighted by molar-refractivity contribution is 0.289. The molecule has 0 unspecified atom stereocenters. The molecule has 0 aliphatic carbocycles. The first-order chi connectivity index (χ1) is 7.45. The molecule has 0 spiro atoms. The molecule has 0 aromatic heterocycles. The average Bonchev–Trinajstić information content (AvgIpc) is 2.16. The molecule has 0 aliphatic heterocycles. The standard InChI is InChI=1S/C9H11F2NO3S/c10-7-4-8(11)6-9(5-7)16(14,15)12-2-1-3-13/h4-6,12-13H,1-3H2. The Morgan fingerprint density at radius 3 is 2.25 bits per heavy atom. The maximum absolute atomic E-state index is 12.8. The van der Waals surface area contributed by atoms with Crippen LogP contribution >= 0.6 is 0 Å². The number of rotatable bonds is 5. The Morgan fingerprint density at radius 2 is 1.75 bits per heavy atom. The Bertz CT molecular complexity index is 442. The van der Waals surface area contributed by atoms with Gasteiger partial charge in [-0.3, -0.25) is 0 Å². The van der Waals surface area contributed by atoms with Crippen molar-refractivity contribution in [3.8, 4) is 0 Å². The van der Waals surface area contributed by atoms with Crippen molar-refractivity contribution in [1.29, 1.82) is 0 Å². The maximum atomic E-state index is 12.8. The zero-order chi connectivity index (χ0) is 12.2. The van der Waals surface area contributed by atoms with Crippen molar-refractivity contribution in [2.24, 2.45) is 0 Å². The van der Waals surface area contributed by atoms with E-state index in [0.717, 1.165) is 12.1 Å². The second-order valence-electron chi connectivity index (χ2n) is 3.08. The van der Waals surface area contributed by atoms with Crippen LogP contribution in [0.4, 0.5) is 8.78 Å². The van der Waals surface area contributed by atoms with E-state index < -0.39 is 26.6 Å². The van der Waals surface area contributed by atoms with Crippen molar-refractivity contribution < 1.29 is 22.3 Å². The highest BCUT2D eigenvalue weighted by Crippen LogP contribution is 2.13. The largest absolute Gasteiger partial charge is 0.396 e. The third-order valence-electron chi connectivity index (χ3n) is 1.77. The molecule has 0 fully saturated rings. The van der Waals surface area contributed by atoms with Crippen LogP contribution in [0, 0.1) is 11.6 Å². The highest BCUT2D eigenvalue weighted by molar-refractivity contribution is 7.89. The number of aliphatic hydroxyl groups is 1. The molecule has 1 aromatic rings. The Labute approximate surface area is 92.0 Å². The molecule has 0 heterocycles. The molecule has 4 nitrogen and oxygen atoms in total. The zero-order valence-electron chi connectivity index (χ0n) is 8.28. The van der Waals surface area contributed by atoms with Crippen LogP contribution in [0.25, 0.3) is 0 Å². The zero-order valence-corrected chi connectivity index (χ0v) is 9.10. The number of nitrogens with one attached hydrogen (secondary N) is 1. The SMILES string of the molecule is O=S(=O)(NCCCO)c1cc(F)cc(F)c1. The number of hydrogen-bond donors (Lipinski definition) is 2. The van der Waals surface area contributed by atoms with Crippen molar-refractivity contribution >= 4 is 10.0 Å². The number of sulfonamides is 1. The van der Waals surface area contributed by atoms with Gasteiger partial charge in [-0.15, -0.1) is 0 Å². The van der Waals surface area contributed by atoms with Crippen LogP contribution in [0.3, 0.4) is 0 Å². The van der Waals surface area contributed by atoms with Gasteiger partial charge in [0.2, 0.25) is 10.0 Å². The summed E-state index contributed by atoms with van der Waals surface area (Å²) in [6, 6.07) is 2.04. The molecule has 0 saturated carbocycles. The summed E-state index contributed by atoms with van der Waals surface area (Å²) in [6.07, 6.45) is 0.233. The van der Waals surface area contributed by atoms with E-state index in [2.05, 4.69) is 4.72 Å². The fourth-order valence-electron chi connectivity index (χ4n) is 1.05. The van der Waals surface area contributed by atoms with Crippen molar-refractivity contribution in [3.63, 3.8) is 0 Å². The summed E-state index contributed by atoms with van der Waals surface area (Å²) in [6.45, 7) is -0.156. The summed E-state index contributed by atoms with van der Waals surface area (Å²) in [7, 11) is -3.92. The second-order valence-corrected chi connectivity index (χ2v) is 4.85. The van der Waals surface area contributed by atoms with Gasteiger partial charge in [-0.2, -0.15) is 0 Å². The van der Waals surface area contributed by atoms with Crippen LogP contribution in [-0.2, 0) is 10.0 Å². The molecule has 1 aromatic carbocycles. The van der Waals surface area contributed by atoms with E-state index in [1.807, 2.05) is 0 Å². The van der Waals surface area contributed by atoms with Crippen molar-refractivity contribution in [1.82, 2.24) is 4.72 Å². The number of aliphatic hydroxyl groups excluding tert-OH is 1. The van der Waals surface area contributed by atoms with Gasteiger partial charge in [-0.25, -0.2) is 21.9 Å². The highest BCUT2D eigenvalue weighted by atomic mass is 32.2. The van der Waals surface area contributed by atoms with Gasteiger partial charge in [0.15, 0.2) is 0 Å². The first-order valence-electron chi connectivity index (χ1n) is 4.52. The Kier molecular flexibility index (Phi) is 4.34. The van der Waals surface area contributed by atoms with Crippen molar-refractivity contribution in [2.45, 2.75) is 11.3 Å².